The highest BCUT2D eigenvalue weighted by molar-refractivity contribution is 6.51. The highest BCUT2D eigenvalue weighted by atomic mass is 16.2. The molecule has 25 heavy (non-hydrogen) atoms. The summed E-state index contributed by atoms with van der Waals surface area (Å²) in [4.78, 5) is 32.6. The van der Waals surface area contributed by atoms with Crippen molar-refractivity contribution < 1.29 is 9.59 Å². The number of nitrogens with zero attached hydrogens (tertiary/aromatic N) is 4. The maximum atomic E-state index is 12.7. The van der Waals surface area contributed by atoms with Crippen molar-refractivity contribution in [3.8, 4) is 6.07 Å². The van der Waals surface area contributed by atoms with Crippen LogP contribution in [0.5, 0.6) is 0 Å². The van der Waals surface area contributed by atoms with Gasteiger partial charge in [-0.05, 0) is 37.1 Å². The van der Waals surface area contributed by atoms with Crippen molar-refractivity contribution in [2.24, 2.45) is 10.9 Å². The Kier molecular flexibility index (Phi) is 5.38. The molecule has 2 rings (SSSR count). The van der Waals surface area contributed by atoms with Crippen molar-refractivity contribution in [3.05, 3.63) is 35.4 Å². The molecule has 0 atom stereocenters. The van der Waals surface area contributed by atoms with Crippen LogP contribution in [0.4, 0.5) is 11.4 Å². The van der Waals surface area contributed by atoms with Crippen LogP contribution in [0.3, 0.4) is 0 Å². The van der Waals surface area contributed by atoms with Gasteiger partial charge in [0.05, 0.1) is 5.69 Å². The lowest BCUT2D eigenvalue weighted by Gasteiger charge is -2.27. The van der Waals surface area contributed by atoms with Crippen LogP contribution in [-0.2, 0) is 9.59 Å². The van der Waals surface area contributed by atoms with Gasteiger partial charge >= 0.3 is 0 Å². The Morgan fingerprint density at radius 2 is 1.76 bits per heavy atom. The smallest absolute Gasteiger partial charge is 0.279 e. The lowest BCUT2D eigenvalue weighted by Crippen LogP contribution is -2.48. The fourth-order valence-electron chi connectivity index (χ4n) is 2.54. The third kappa shape index (κ3) is 3.77. The Balaban J connectivity index is 2.50. The van der Waals surface area contributed by atoms with E-state index in [1.165, 1.54) is 0 Å². The van der Waals surface area contributed by atoms with E-state index in [-0.39, 0.29) is 23.7 Å². The normalized spacial score (nSPS) is 16.7. The molecule has 1 aliphatic heterocycles. The first kappa shape index (κ1) is 18.4. The zero-order valence-electron chi connectivity index (χ0n) is 15.2. The predicted molar refractivity (Wildman–Crippen MR) is 97.7 cm³/mol. The predicted octanol–water partition coefficient (Wildman–Crippen LogP) is 2.69. The van der Waals surface area contributed by atoms with E-state index in [9.17, 15) is 14.9 Å². The largest absolute Gasteiger partial charge is 0.378 e. The highest BCUT2D eigenvalue weighted by Crippen LogP contribution is 2.24. The van der Waals surface area contributed by atoms with E-state index in [1.807, 2.05) is 51.0 Å². The molecule has 0 spiro atoms. The number of benzene rings is 1. The SMILES string of the molecule is CC1=C(C#N)C(=O)N(CC(C)C)C(=O)C1=Nc1ccc(N(C)C)cc1. The summed E-state index contributed by atoms with van der Waals surface area (Å²) >= 11 is 0. The number of anilines is 1. The summed E-state index contributed by atoms with van der Waals surface area (Å²) in [5.74, 6) is -0.889. The molecule has 1 aromatic rings. The Bertz CT molecular complexity index is 796. The summed E-state index contributed by atoms with van der Waals surface area (Å²) in [6.45, 7) is 5.67. The van der Waals surface area contributed by atoms with Crippen LogP contribution < -0.4 is 4.90 Å². The number of hydrogen-bond acceptors (Lipinski definition) is 5. The fraction of sp³-hybridized carbons (Fsp3) is 0.368. The van der Waals surface area contributed by atoms with E-state index in [2.05, 4.69) is 4.99 Å². The number of rotatable bonds is 4. The van der Waals surface area contributed by atoms with E-state index in [0.29, 0.717) is 11.3 Å². The average Bonchev–Trinajstić information content (AvgIpc) is 2.56. The molecule has 2 amide bonds. The maximum Gasteiger partial charge on any atom is 0.279 e. The molecule has 0 fully saturated rings. The minimum absolute atomic E-state index is 0.0242. The van der Waals surface area contributed by atoms with Gasteiger partial charge in [0.2, 0.25) is 0 Å². The Morgan fingerprint density at radius 1 is 1.16 bits per heavy atom. The molecule has 1 aromatic carbocycles. The minimum atomic E-state index is -0.541. The molecule has 1 heterocycles. The summed E-state index contributed by atoms with van der Waals surface area (Å²) in [6.07, 6.45) is 0. The fourth-order valence-corrected chi connectivity index (χ4v) is 2.54. The van der Waals surface area contributed by atoms with Gasteiger partial charge in [0.1, 0.15) is 17.4 Å². The second kappa shape index (κ2) is 7.31. The van der Waals surface area contributed by atoms with Gasteiger partial charge in [-0.15, -0.1) is 0 Å². The Morgan fingerprint density at radius 3 is 2.24 bits per heavy atom. The third-order valence-corrected chi connectivity index (χ3v) is 3.90. The zero-order valence-corrected chi connectivity index (χ0v) is 15.2. The van der Waals surface area contributed by atoms with Crippen LogP contribution in [0.25, 0.3) is 0 Å². The van der Waals surface area contributed by atoms with Gasteiger partial charge in [-0.2, -0.15) is 5.26 Å². The second-order valence-corrected chi connectivity index (χ2v) is 6.60. The van der Waals surface area contributed by atoms with Gasteiger partial charge in [0, 0.05) is 31.9 Å². The topological polar surface area (TPSA) is 76.8 Å². The van der Waals surface area contributed by atoms with E-state index >= 15 is 0 Å². The van der Waals surface area contributed by atoms with Gasteiger partial charge in [0.15, 0.2) is 0 Å². The number of nitriles is 1. The molecule has 1 aliphatic rings. The lowest BCUT2D eigenvalue weighted by molar-refractivity contribution is -0.139. The second-order valence-electron chi connectivity index (χ2n) is 6.60. The summed E-state index contributed by atoms with van der Waals surface area (Å²) < 4.78 is 0. The van der Waals surface area contributed by atoms with Crippen LogP contribution in [0.1, 0.15) is 20.8 Å². The quantitative estimate of drug-likeness (QED) is 0.791. The minimum Gasteiger partial charge on any atom is -0.378 e. The first-order valence-electron chi connectivity index (χ1n) is 8.09. The van der Waals surface area contributed by atoms with Gasteiger partial charge in [-0.3, -0.25) is 14.5 Å². The molecule has 0 unspecified atom stereocenters. The monoisotopic (exact) mass is 338 g/mol. The molecule has 0 aliphatic carbocycles. The van der Waals surface area contributed by atoms with Gasteiger partial charge in [0.25, 0.3) is 11.8 Å². The van der Waals surface area contributed by atoms with Crippen molar-refractivity contribution >= 4 is 28.9 Å². The molecule has 0 saturated heterocycles. The first-order valence-corrected chi connectivity index (χ1v) is 8.09. The average molecular weight is 338 g/mol. The highest BCUT2D eigenvalue weighted by Gasteiger charge is 2.36. The zero-order chi connectivity index (χ0) is 18.7. The number of hydrogen-bond donors (Lipinski definition) is 0. The molecule has 6 heteroatoms. The summed E-state index contributed by atoms with van der Waals surface area (Å²) in [7, 11) is 3.88. The van der Waals surface area contributed by atoms with E-state index in [0.717, 1.165) is 10.6 Å². The van der Waals surface area contributed by atoms with Crippen molar-refractivity contribution in [3.63, 3.8) is 0 Å². The van der Waals surface area contributed by atoms with Crippen LogP contribution in [0.15, 0.2) is 40.4 Å². The van der Waals surface area contributed by atoms with Gasteiger partial charge in [-0.1, -0.05) is 13.8 Å². The molecule has 6 nitrogen and oxygen atoms in total. The number of carbonyl (C=O) groups is 2. The number of carbonyl (C=O) groups excluding carboxylic acids is 2. The molecule has 0 bridgehead atoms. The van der Waals surface area contributed by atoms with Crippen molar-refractivity contribution in [1.82, 2.24) is 4.90 Å². The number of aliphatic imine (C=N–C) groups is 1. The molecular weight excluding hydrogens is 316 g/mol. The molecule has 0 saturated carbocycles. The lowest BCUT2D eigenvalue weighted by atomic mass is 9.97. The summed E-state index contributed by atoms with van der Waals surface area (Å²) in [5, 5.41) is 9.32. The van der Waals surface area contributed by atoms with Gasteiger partial charge in [-0.25, -0.2) is 4.99 Å². The molecule has 0 radical (unpaired) electrons. The van der Waals surface area contributed by atoms with E-state index in [4.69, 9.17) is 0 Å². The van der Waals surface area contributed by atoms with Crippen LogP contribution in [0, 0.1) is 17.2 Å². The Hall–Kier alpha value is -2.94. The summed E-state index contributed by atoms with van der Waals surface area (Å²) in [5.41, 5.74) is 2.07. The summed E-state index contributed by atoms with van der Waals surface area (Å²) in [6, 6.07) is 9.32. The van der Waals surface area contributed by atoms with E-state index < -0.39 is 11.8 Å². The van der Waals surface area contributed by atoms with Crippen molar-refractivity contribution in [1.29, 1.82) is 5.26 Å². The van der Waals surface area contributed by atoms with Crippen molar-refractivity contribution in [2.75, 3.05) is 25.5 Å². The van der Waals surface area contributed by atoms with Crippen LogP contribution in [-0.4, -0.2) is 43.1 Å². The molecule has 130 valence electrons. The Labute approximate surface area is 148 Å². The van der Waals surface area contributed by atoms with Crippen molar-refractivity contribution in [2.45, 2.75) is 20.8 Å². The third-order valence-electron chi connectivity index (χ3n) is 3.90. The molecule has 0 N–H and O–H groups in total. The van der Waals surface area contributed by atoms with Crippen LogP contribution in [0.2, 0.25) is 0 Å². The standard InChI is InChI=1S/C19H22N4O2/c1-12(2)11-23-18(24)16(10-20)13(3)17(19(23)25)21-14-6-8-15(9-7-14)22(4)5/h6-9,12H,11H2,1-5H3. The molecular formula is C19H22N4O2. The number of amides is 2. The molecule has 0 aromatic heterocycles. The van der Waals surface area contributed by atoms with E-state index in [1.54, 1.807) is 19.1 Å². The van der Waals surface area contributed by atoms with Gasteiger partial charge < -0.3 is 4.90 Å². The maximum absolute atomic E-state index is 12.7. The first-order chi connectivity index (χ1) is 11.8. The van der Waals surface area contributed by atoms with Crippen LogP contribution >= 0.6 is 0 Å². The number of imide groups is 1.